The fourth-order valence-electron chi connectivity index (χ4n) is 5.50. The Bertz CT molecular complexity index is 861. The predicted molar refractivity (Wildman–Crippen MR) is 130 cm³/mol. The molecule has 10 heteroatoms. The van der Waals surface area contributed by atoms with Crippen LogP contribution in [0.4, 0.5) is 5.82 Å². The first-order valence-corrected chi connectivity index (χ1v) is 11.3. The number of halogens is 2. The molecule has 0 saturated carbocycles. The molecule has 1 atom stereocenters. The lowest BCUT2D eigenvalue weighted by atomic mass is 9.71. The predicted octanol–water partition coefficient (Wildman–Crippen LogP) is 2.17. The molecule has 0 aliphatic carbocycles. The van der Waals surface area contributed by atoms with Crippen LogP contribution in [0.2, 0.25) is 0 Å². The van der Waals surface area contributed by atoms with Crippen LogP contribution in [0.25, 0.3) is 0 Å². The monoisotopic (exact) mass is 483 g/mol. The second kappa shape index (κ2) is 10.7. The number of hydrogen-bond donors (Lipinski definition) is 2. The summed E-state index contributed by atoms with van der Waals surface area (Å²) in [6, 6.07) is 2.27. The van der Waals surface area contributed by atoms with Crippen molar-refractivity contribution in [2.75, 3.05) is 37.6 Å². The van der Waals surface area contributed by atoms with Gasteiger partial charge in [0.1, 0.15) is 5.82 Å². The molecule has 1 spiro atoms. The van der Waals surface area contributed by atoms with Gasteiger partial charge >= 0.3 is 0 Å². The molecule has 5 rings (SSSR count). The maximum absolute atomic E-state index is 10.6. The van der Waals surface area contributed by atoms with Gasteiger partial charge in [0, 0.05) is 45.1 Å². The molecule has 0 radical (unpaired) electrons. The number of aryl methyl sites for hydroxylation is 2. The Morgan fingerprint density at radius 3 is 2.72 bits per heavy atom. The lowest BCUT2D eigenvalue weighted by molar-refractivity contribution is 0.0240. The van der Waals surface area contributed by atoms with Crippen LogP contribution in [0.1, 0.15) is 42.8 Å². The van der Waals surface area contributed by atoms with E-state index in [4.69, 9.17) is 5.10 Å². The van der Waals surface area contributed by atoms with Gasteiger partial charge in [0.05, 0.1) is 23.2 Å². The highest BCUT2D eigenvalue weighted by Gasteiger charge is 2.42. The Labute approximate surface area is 202 Å². The van der Waals surface area contributed by atoms with Crippen LogP contribution in [0.3, 0.4) is 0 Å². The zero-order valence-corrected chi connectivity index (χ0v) is 20.4. The average molecular weight is 484 g/mol. The molecule has 5 heterocycles. The fourth-order valence-corrected chi connectivity index (χ4v) is 5.50. The number of aliphatic hydroxyl groups excluding tert-OH is 1. The summed E-state index contributed by atoms with van der Waals surface area (Å²) in [7, 11) is 0. The molecular weight excluding hydrogens is 449 g/mol. The number of fused-ring (bicyclic) bond motifs is 1. The summed E-state index contributed by atoms with van der Waals surface area (Å²) >= 11 is 0. The SMILES string of the molecule is Cc1nccnc1N1CC(O)CC2(CCN(Cc3cc4n(n3)CCCNC4)CC2)C1.Cl.Cl. The molecule has 2 N–H and O–H groups in total. The Kier molecular flexibility index (Phi) is 8.38. The first-order chi connectivity index (χ1) is 14.6. The van der Waals surface area contributed by atoms with Gasteiger partial charge in [0.2, 0.25) is 0 Å². The average Bonchev–Trinajstić information content (AvgIpc) is 2.98. The van der Waals surface area contributed by atoms with Gasteiger partial charge < -0.3 is 15.3 Å². The number of aliphatic hydroxyl groups is 1. The molecule has 1 unspecified atom stereocenters. The minimum Gasteiger partial charge on any atom is -0.391 e. The van der Waals surface area contributed by atoms with Crippen LogP contribution in [-0.2, 0) is 19.6 Å². The lowest BCUT2D eigenvalue weighted by Gasteiger charge is -2.49. The van der Waals surface area contributed by atoms with Crippen LogP contribution in [0.5, 0.6) is 0 Å². The minimum absolute atomic E-state index is 0. The Morgan fingerprint density at radius 1 is 1.16 bits per heavy atom. The van der Waals surface area contributed by atoms with Crippen molar-refractivity contribution in [3.05, 3.63) is 35.5 Å². The van der Waals surface area contributed by atoms with Gasteiger partial charge in [0.15, 0.2) is 0 Å². The molecular formula is C22H35Cl2N7O. The number of hydrogen-bond acceptors (Lipinski definition) is 7. The number of nitrogens with one attached hydrogen (secondary N) is 1. The zero-order chi connectivity index (χ0) is 20.6. The normalized spacial score (nSPS) is 23.1. The summed E-state index contributed by atoms with van der Waals surface area (Å²) in [5.74, 6) is 0.922. The number of rotatable bonds is 3. The molecule has 2 aromatic heterocycles. The van der Waals surface area contributed by atoms with Crippen LogP contribution >= 0.6 is 24.8 Å². The molecule has 0 amide bonds. The van der Waals surface area contributed by atoms with Crippen molar-refractivity contribution in [2.45, 2.75) is 58.3 Å². The number of nitrogens with zero attached hydrogens (tertiary/aromatic N) is 6. The van der Waals surface area contributed by atoms with E-state index >= 15 is 0 Å². The van der Waals surface area contributed by atoms with Gasteiger partial charge in [0.25, 0.3) is 0 Å². The third kappa shape index (κ3) is 5.37. The lowest BCUT2D eigenvalue weighted by Crippen LogP contribution is -2.54. The molecule has 0 bridgehead atoms. The van der Waals surface area contributed by atoms with Crippen LogP contribution < -0.4 is 10.2 Å². The Hall–Kier alpha value is -1.45. The summed E-state index contributed by atoms with van der Waals surface area (Å²) in [5.41, 5.74) is 3.59. The maximum Gasteiger partial charge on any atom is 0.150 e. The minimum atomic E-state index is -0.303. The maximum atomic E-state index is 10.6. The topological polar surface area (TPSA) is 82.3 Å². The van der Waals surface area contributed by atoms with E-state index in [2.05, 4.69) is 35.8 Å². The molecule has 3 aliphatic heterocycles. The Balaban J connectivity index is 0.00000144. The standard InChI is InChI=1S/C22H33N7O.2ClH/c1-17-21(25-7-6-24-17)28-15-20(30)12-22(16-28)3-9-27(10-4-22)14-18-11-19-13-23-5-2-8-29(19)26-18;;/h6-7,11,20,23,30H,2-5,8-10,12-16H2,1H3;2*1H. The molecule has 2 aromatic rings. The quantitative estimate of drug-likeness (QED) is 0.691. The van der Waals surface area contributed by atoms with Crippen molar-refractivity contribution in [3.8, 4) is 0 Å². The van der Waals surface area contributed by atoms with E-state index in [0.29, 0.717) is 6.54 Å². The first-order valence-electron chi connectivity index (χ1n) is 11.3. The molecule has 178 valence electrons. The van der Waals surface area contributed by atoms with Gasteiger partial charge in [-0.25, -0.2) is 4.98 Å². The smallest absolute Gasteiger partial charge is 0.150 e. The van der Waals surface area contributed by atoms with Crippen molar-refractivity contribution in [2.24, 2.45) is 5.41 Å². The molecule has 3 aliphatic rings. The van der Waals surface area contributed by atoms with E-state index in [9.17, 15) is 5.11 Å². The summed E-state index contributed by atoms with van der Waals surface area (Å²) < 4.78 is 2.18. The van der Waals surface area contributed by atoms with Gasteiger partial charge in [-0.05, 0) is 63.7 Å². The largest absolute Gasteiger partial charge is 0.391 e. The van der Waals surface area contributed by atoms with Gasteiger partial charge in [-0.1, -0.05) is 0 Å². The van der Waals surface area contributed by atoms with E-state index in [1.54, 1.807) is 12.4 Å². The van der Waals surface area contributed by atoms with Crippen molar-refractivity contribution in [3.63, 3.8) is 0 Å². The number of aromatic nitrogens is 4. The van der Waals surface area contributed by atoms with E-state index in [-0.39, 0.29) is 36.3 Å². The molecule has 8 nitrogen and oxygen atoms in total. The van der Waals surface area contributed by atoms with Crippen molar-refractivity contribution in [1.82, 2.24) is 30.0 Å². The number of piperidine rings is 2. The summed E-state index contributed by atoms with van der Waals surface area (Å²) in [6.45, 7) is 9.66. The fraction of sp³-hybridized carbons (Fsp3) is 0.682. The molecule has 0 aromatic carbocycles. The first kappa shape index (κ1) is 25.2. The van der Waals surface area contributed by atoms with E-state index in [1.165, 1.54) is 11.4 Å². The van der Waals surface area contributed by atoms with Crippen molar-refractivity contribution < 1.29 is 5.11 Å². The highest BCUT2D eigenvalue weighted by atomic mass is 35.5. The van der Waals surface area contributed by atoms with Crippen LogP contribution in [-0.4, -0.2) is 68.6 Å². The van der Waals surface area contributed by atoms with Gasteiger partial charge in [-0.3, -0.25) is 14.6 Å². The second-order valence-electron chi connectivity index (χ2n) is 9.36. The molecule has 2 saturated heterocycles. The third-order valence-corrected chi connectivity index (χ3v) is 7.03. The zero-order valence-electron chi connectivity index (χ0n) is 18.7. The van der Waals surface area contributed by atoms with Crippen molar-refractivity contribution >= 4 is 30.6 Å². The highest BCUT2D eigenvalue weighted by molar-refractivity contribution is 5.85. The van der Waals surface area contributed by atoms with Crippen LogP contribution in [0, 0.1) is 12.3 Å². The Morgan fingerprint density at radius 2 is 1.94 bits per heavy atom. The molecule has 2 fully saturated rings. The number of β-amino-alcohol motifs (C(OH)–C–C–N with tert-alkyl or cyclic N) is 1. The van der Waals surface area contributed by atoms with E-state index in [1.807, 2.05) is 6.92 Å². The summed E-state index contributed by atoms with van der Waals surface area (Å²) in [6.07, 6.45) is 7.43. The number of anilines is 1. The third-order valence-electron chi connectivity index (χ3n) is 7.03. The van der Waals surface area contributed by atoms with Gasteiger partial charge in [-0.15, -0.1) is 24.8 Å². The van der Waals surface area contributed by atoms with Crippen molar-refractivity contribution in [1.29, 1.82) is 0 Å². The highest BCUT2D eigenvalue weighted by Crippen LogP contribution is 2.41. The summed E-state index contributed by atoms with van der Waals surface area (Å²) in [4.78, 5) is 13.7. The van der Waals surface area contributed by atoms with E-state index in [0.717, 1.165) is 83.0 Å². The number of likely N-dealkylation sites (tertiary alicyclic amines) is 1. The second-order valence-corrected chi connectivity index (χ2v) is 9.36. The van der Waals surface area contributed by atoms with Crippen LogP contribution in [0.15, 0.2) is 18.5 Å². The van der Waals surface area contributed by atoms with Gasteiger partial charge in [-0.2, -0.15) is 5.10 Å². The molecule has 32 heavy (non-hydrogen) atoms. The summed E-state index contributed by atoms with van der Waals surface area (Å²) in [5, 5.41) is 19.0. The van der Waals surface area contributed by atoms with E-state index < -0.39 is 0 Å².